The van der Waals surface area contributed by atoms with E-state index in [9.17, 15) is 31.1 Å². The number of carbonyl (C=O) groups is 1. The van der Waals surface area contributed by atoms with Crippen molar-refractivity contribution in [3.8, 4) is 0 Å². The molecule has 144 valence electrons. The highest BCUT2D eigenvalue weighted by atomic mass is 19.4. The van der Waals surface area contributed by atoms with E-state index in [1.165, 1.54) is 18.2 Å². The summed E-state index contributed by atoms with van der Waals surface area (Å²) in [6.45, 7) is 0.0483. The molecular formula is C18H14F6N2O. The predicted octanol–water partition coefficient (Wildman–Crippen LogP) is 4.29. The normalized spacial score (nSPS) is 18.2. The molecule has 1 heterocycles. The van der Waals surface area contributed by atoms with Crippen molar-refractivity contribution in [1.82, 2.24) is 5.32 Å². The van der Waals surface area contributed by atoms with E-state index in [4.69, 9.17) is 5.73 Å². The molecule has 0 bridgehead atoms. The topological polar surface area (TPSA) is 55.1 Å². The zero-order chi connectivity index (χ0) is 20.0. The van der Waals surface area contributed by atoms with E-state index in [1.54, 1.807) is 0 Å². The molecule has 1 aliphatic heterocycles. The molecule has 0 radical (unpaired) electrons. The maximum absolute atomic E-state index is 13.8. The molecule has 0 fully saturated rings. The zero-order valence-corrected chi connectivity index (χ0v) is 13.7. The average Bonchev–Trinajstić information content (AvgIpc) is 2.96. The maximum atomic E-state index is 13.8. The van der Waals surface area contributed by atoms with Crippen molar-refractivity contribution in [2.75, 3.05) is 0 Å². The van der Waals surface area contributed by atoms with Crippen molar-refractivity contribution in [2.45, 2.75) is 30.9 Å². The molecule has 1 aliphatic rings. The maximum Gasteiger partial charge on any atom is 0.416 e. The first-order chi connectivity index (χ1) is 12.5. The summed E-state index contributed by atoms with van der Waals surface area (Å²) in [4.78, 5) is 11.2. The Morgan fingerprint density at radius 3 is 2.37 bits per heavy atom. The Balaban J connectivity index is 2.06. The number of fused-ring (bicyclic) bond motifs is 1. The van der Waals surface area contributed by atoms with E-state index >= 15 is 0 Å². The number of amides is 1. The van der Waals surface area contributed by atoms with Crippen LogP contribution in [0.4, 0.5) is 26.3 Å². The minimum Gasteiger partial charge on any atom is -0.366 e. The number of hydrogen-bond acceptors (Lipinski definition) is 2. The molecule has 2 atom stereocenters. The van der Waals surface area contributed by atoms with Gasteiger partial charge in [0.1, 0.15) is 0 Å². The fourth-order valence-electron chi connectivity index (χ4n) is 3.32. The van der Waals surface area contributed by atoms with Crippen LogP contribution in [0.5, 0.6) is 0 Å². The van der Waals surface area contributed by atoms with E-state index in [1.807, 2.05) is 0 Å². The minimum absolute atomic E-state index is 0.0483. The third-order valence-electron chi connectivity index (χ3n) is 4.53. The lowest BCUT2D eigenvalue weighted by Crippen LogP contribution is -2.32. The number of rotatable bonds is 3. The van der Waals surface area contributed by atoms with Crippen molar-refractivity contribution in [3.05, 3.63) is 70.3 Å². The molecule has 0 aliphatic carbocycles. The van der Waals surface area contributed by atoms with Crippen molar-refractivity contribution >= 4 is 5.91 Å². The number of primary amides is 1. The van der Waals surface area contributed by atoms with Crippen molar-refractivity contribution in [3.63, 3.8) is 0 Å². The highest BCUT2D eigenvalue weighted by Gasteiger charge is 2.48. The molecule has 2 aromatic rings. The summed E-state index contributed by atoms with van der Waals surface area (Å²) in [6.07, 6.45) is -9.53. The highest BCUT2D eigenvalue weighted by Crippen LogP contribution is 2.47. The lowest BCUT2D eigenvalue weighted by molar-refractivity contribution is -0.158. The van der Waals surface area contributed by atoms with Gasteiger partial charge in [-0.2, -0.15) is 26.3 Å². The Kier molecular flexibility index (Phi) is 4.67. The first-order valence-electron chi connectivity index (χ1n) is 7.88. The Bertz CT molecular complexity index is 875. The SMILES string of the molecule is NC(=O)c1ccc2c(c1)CNC2[C@@H](c1cccc(C(F)(F)F)c1)C(F)(F)F. The molecule has 0 aromatic heterocycles. The fourth-order valence-corrected chi connectivity index (χ4v) is 3.32. The lowest BCUT2D eigenvalue weighted by Gasteiger charge is -2.28. The third kappa shape index (κ3) is 3.78. The van der Waals surface area contributed by atoms with Gasteiger partial charge in [-0.25, -0.2) is 0 Å². The molecule has 0 saturated heterocycles. The van der Waals surface area contributed by atoms with Crippen LogP contribution in [0.1, 0.15) is 44.6 Å². The monoisotopic (exact) mass is 388 g/mol. The van der Waals surface area contributed by atoms with Crippen LogP contribution < -0.4 is 11.1 Å². The van der Waals surface area contributed by atoms with Gasteiger partial charge in [-0.1, -0.05) is 24.3 Å². The van der Waals surface area contributed by atoms with Gasteiger partial charge in [-0.3, -0.25) is 4.79 Å². The summed E-state index contributed by atoms with van der Waals surface area (Å²) in [5.74, 6) is -2.90. The van der Waals surface area contributed by atoms with E-state index in [0.717, 1.165) is 18.2 Å². The number of nitrogens with two attached hydrogens (primary N) is 1. The molecule has 3 rings (SSSR count). The van der Waals surface area contributed by atoms with E-state index < -0.39 is 41.3 Å². The van der Waals surface area contributed by atoms with Crippen LogP contribution in [0, 0.1) is 0 Å². The van der Waals surface area contributed by atoms with Gasteiger partial charge in [0.15, 0.2) is 0 Å². The zero-order valence-electron chi connectivity index (χ0n) is 13.7. The standard InChI is InChI=1S/C18H14F6N2O/c19-17(20,21)12-3-1-2-9(7-12)14(18(22,23)24)15-13-5-4-10(16(25)27)6-11(13)8-26-15/h1-7,14-15,26H,8H2,(H2,25,27)/t14-,15?/m1/s1. The smallest absolute Gasteiger partial charge is 0.366 e. The summed E-state index contributed by atoms with van der Waals surface area (Å²) in [5, 5.41) is 2.70. The van der Waals surface area contributed by atoms with Gasteiger partial charge in [-0.05, 0) is 34.9 Å². The van der Waals surface area contributed by atoms with Gasteiger partial charge in [-0.15, -0.1) is 0 Å². The number of benzene rings is 2. The van der Waals surface area contributed by atoms with Gasteiger partial charge in [0.25, 0.3) is 0 Å². The third-order valence-corrected chi connectivity index (χ3v) is 4.53. The van der Waals surface area contributed by atoms with Crippen molar-refractivity contribution in [2.24, 2.45) is 5.73 Å². The molecule has 0 spiro atoms. The Morgan fingerprint density at radius 2 is 1.78 bits per heavy atom. The molecule has 3 nitrogen and oxygen atoms in total. The molecule has 3 N–H and O–H groups in total. The summed E-state index contributed by atoms with van der Waals surface area (Å²) >= 11 is 0. The summed E-state index contributed by atoms with van der Waals surface area (Å²) < 4.78 is 80.1. The van der Waals surface area contributed by atoms with Gasteiger partial charge in [0.2, 0.25) is 5.91 Å². The van der Waals surface area contributed by atoms with E-state index in [-0.39, 0.29) is 17.7 Å². The molecule has 1 amide bonds. The largest absolute Gasteiger partial charge is 0.416 e. The number of alkyl halides is 6. The van der Waals surface area contributed by atoms with Crippen LogP contribution in [0.3, 0.4) is 0 Å². The molecule has 2 aromatic carbocycles. The lowest BCUT2D eigenvalue weighted by atomic mass is 9.85. The molecule has 1 unspecified atom stereocenters. The first-order valence-corrected chi connectivity index (χ1v) is 7.88. The second-order valence-corrected chi connectivity index (χ2v) is 6.28. The van der Waals surface area contributed by atoms with Gasteiger partial charge in [0.05, 0.1) is 11.5 Å². The predicted molar refractivity (Wildman–Crippen MR) is 84.8 cm³/mol. The van der Waals surface area contributed by atoms with Gasteiger partial charge >= 0.3 is 12.4 Å². The van der Waals surface area contributed by atoms with Crippen LogP contribution in [0.15, 0.2) is 42.5 Å². The average molecular weight is 388 g/mol. The summed E-state index contributed by atoms with van der Waals surface area (Å²) in [6, 6.07) is 6.03. The van der Waals surface area contributed by atoms with Crippen molar-refractivity contribution in [1.29, 1.82) is 0 Å². The quantitative estimate of drug-likeness (QED) is 0.771. The van der Waals surface area contributed by atoms with Crippen molar-refractivity contribution < 1.29 is 31.1 Å². The van der Waals surface area contributed by atoms with Gasteiger partial charge in [0, 0.05) is 18.2 Å². The Labute approximate surface area is 150 Å². The fraction of sp³-hybridized carbons (Fsp3) is 0.278. The number of halogens is 6. The summed E-state index contributed by atoms with van der Waals surface area (Å²) in [7, 11) is 0. The Hall–Kier alpha value is -2.55. The molecule has 27 heavy (non-hydrogen) atoms. The number of nitrogens with one attached hydrogen (secondary N) is 1. The minimum atomic E-state index is -4.79. The Morgan fingerprint density at radius 1 is 1.07 bits per heavy atom. The molecule has 9 heteroatoms. The van der Waals surface area contributed by atoms with Gasteiger partial charge < -0.3 is 11.1 Å². The highest BCUT2D eigenvalue weighted by molar-refractivity contribution is 5.93. The van der Waals surface area contributed by atoms with E-state index in [2.05, 4.69) is 5.32 Å². The number of carbonyl (C=O) groups excluding carboxylic acids is 1. The number of hydrogen-bond donors (Lipinski definition) is 2. The van der Waals surface area contributed by atoms with Crippen LogP contribution in [-0.4, -0.2) is 12.1 Å². The second-order valence-electron chi connectivity index (χ2n) is 6.28. The van der Waals surface area contributed by atoms with E-state index in [0.29, 0.717) is 11.6 Å². The summed E-state index contributed by atoms with van der Waals surface area (Å²) in [5.41, 5.74) is 4.43. The second kappa shape index (κ2) is 6.56. The van der Waals surface area contributed by atoms with Crippen LogP contribution in [0.25, 0.3) is 0 Å². The molecular weight excluding hydrogens is 374 g/mol. The van der Waals surface area contributed by atoms with Crippen LogP contribution in [0.2, 0.25) is 0 Å². The van der Waals surface area contributed by atoms with Crippen LogP contribution >= 0.6 is 0 Å². The van der Waals surface area contributed by atoms with Crippen LogP contribution in [-0.2, 0) is 12.7 Å². The molecule has 0 saturated carbocycles. The first kappa shape index (κ1) is 19.2.